The van der Waals surface area contributed by atoms with Gasteiger partial charge in [0.25, 0.3) is 0 Å². The van der Waals surface area contributed by atoms with Crippen LogP contribution in [0.2, 0.25) is 0 Å². The molecule has 5 nitrogen and oxygen atoms in total. The lowest BCUT2D eigenvalue weighted by Crippen LogP contribution is -2.48. The second-order valence-corrected chi connectivity index (χ2v) is 7.31. The van der Waals surface area contributed by atoms with Crippen molar-refractivity contribution in [2.45, 2.75) is 56.0 Å². The largest absolute Gasteiger partial charge is 0.381 e. The zero-order valence-corrected chi connectivity index (χ0v) is 12.3. The van der Waals surface area contributed by atoms with Crippen LogP contribution in [0.5, 0.6) is 0 Å². The van der Waals surface area contributed by atoms with Gasteiger partial charge in [-0.25, -0.2) is 0 Å². The van der Waals surface area contributed by atoms with Gasteiger partial charge in [0.05, 0.1) is 17.6 Å². The van der Waals surface area contributed by atoms with Gasteiger partial charge in [0.2, 0.25) is 5.89 Å². The Balaban J connectivity index is 1.37. The maximum absolute atomic E-state index is 6.11. The molecule has 2 aliphatic heterocycles. The number of hydrogen-bond acceptors (Lipinski definition) is 5. The minimum absolute atomic E-state index is 0.0418. The third kappa shape index (κ3) is 1.65. The summed E-state index contributed by atoms with van der Waals surface area (Å²) in [6, 6.07) is 0. The summed E-state index contributed by atoms with van der Waals surface area (Å²) in [7, 11) is 0. The van der Waals surface area contributed by atoms with Gasteiger partial charge < -0.3 is 14.0 Å². The Morgan fingerprint density at radius 1 is 1.19 bits per heavy atom. The molecule has 5 rings (SSSR count). The van der Waals surface area contributed by atoms with E-state index in [4.69, 9.17) is 19.0 Å². The molecule has 1 spiro atoms. The lowest BCUT2D eigenvalue weighted by molar-refractivity contribution is -0.0960. The molecule has 2 saturated heterocycles. The lowest BCUT2D eigenvalue weighted by Gasteiger charge is -2.43. The first-order chi connectivity index (χ1) is 10.3. The van der Waals surface area contributed by atoms with Crippen LogP contribution in [0.15, 0.2) is 4.52 Å². The molecule has 0 amide bonds. The molecule has 21 heavy (non-hydrogen) atoms. The summed E-state index contributed by atoms with van der Waals surface area (Å²) < 4.78 is 17.2. The fraction of sp³-hybridized carbons (Fsp3) is 0.875. The molecule has 114 valence electrons. The van der Waals surface area contributed by atoms with Gasteiger partial charge in [-0.2, -0.15) is 4.98 Å². The highest BCUT2D eigenvalue weighted by Crippen LogP contribution is 2.71. The smallest absolute Gasteiger partial charge is 0.236 e. The molecule has 4 fully saturated rings. The van der Waals surface area contributed by atoms with Crippen molar-refractivity contribution in [2.24, 2.45) is 11.8 Å². The van der Waals surface area contributed by atoms with E-state index in [0.29, 0.717) is 11.8 Å². The Morgan fingerprint density at radius 3 is 2.76 bits per heavy atom. The molecule has 2 aliphatic carbocycles. The van der Waals surface area contributed by atoms with Crippen LogP contribution in [-0.2, 0) is 21.3 Å². The molecule has 3 heterocycles. The summed E-state index contributed by atoms with van der Waals surface area (Å²) in [5, 5.41) is 4.27. The first kappa shape index (κ1) is 12.6. The molecule has 1 aromatic rings. The van der Waals surface area contributed by atoms with Crippen molar-refractivity contribution in [2.75, 3.05) is 19.8 Å². The maximum Gasteiger partial charge on any atom is 0.236 e. The summed E-state index contributed by atoms with van der Waals surface area (Å²) in [6.07, 6.45) is 7.96. The van der Waals surface area contributed by atoms with Crippen molar-refractivity contribution in [3.05, 3.63) is 11.7 Å². The van der Waals surface area contributed by atoms with Crippen LogP contribution >= 0.6 is 0 Å². The van der Waals surface area contributed by atoms with E-state index in [0.717, 1.165) is 50.8 Å². The fourth-order valence-electron chi connectivity index (χ4n) is 4.75. The van der Waals surface area contributed by atoms with Gasteiger partial charge in [-0.3, -0.25) is 0 Å². The monoisotopic (exact) mass is 290 g/mol. The van der Waals surface area contributed by atoms with Crippen LogP contribution < -0.4 is 0 Å². The minimum Gasteiger partial charge on any atom is -0.381 e. The topological polar surface area (TPSA) is 57.4 Å². The molecule has 2 atom stereocenters. The fourth-order valence-corrected chi connectivity index (χ4v) is 4.75. The molecule has 0 N–H and O–H groups in total. The van der Waals surface area contributed by atoms with Crippen molar-refractivity contribution in [3.8, 4) is 0 Å². The van der Waals surface area contributed by atoms with Gasteiger partial charge in [0, 0.05) is 25.6 Å². The summed E-state index contributed by atoms with van der Waals surface area (Å²) in [5.74, 6) is 3.02. The van der Waals surface area contributed by atoms with Crippen molar-refractivity contribution >= 4 is 0 Å². The van der Waals surface area contributed by atoms with Crippen LogP contribution in [0.3, 0.4) is 0 Å². The van der Waals surface area contributed by atoms with Gasteiger partial charge in [-0.1, -0.05) is 5.16 Å². The first-order valence-corrected chi connectivity index (χ1v) is 8.37. The maximum atomic E-state index is 6.11. The molecule has 0 aromatic carbocycles. The van der Waals surface area contributed by atoms with Crippen molar-refractivity contribution in [3.63, 3.8) is 0 Å². The minimum atomic E-state index is 0.0418. The number of aromatic nitrogens is 2. The van der Waals surface area contributed by atoms with E-state index in [1.807, 2.05) is 0 Å². The third-order valence-corrected chi connectivity index (χ3v) is 6.30. The van der Waals surface area contributed by atoms with E-state index in [2.05, 4.69) is 5.16 Å². The second-order valence-electron chi connectivity index (χ2n) is 7.31. The summed E-state index contributed by atoms with van der Waals surface area (Å²) in [4.78, 5) is 4.78. The van der Waals surface area contributed by atoms with E-state index in [1.54, 1.807) is 0 Å². The SMILES string of the molecule is C1CC2(C1)OC[C@@H]1C[C@@]12c1nc(CC2CCOCC2)no1. The Morgan fingerprint density at radius 2 is 2.05 bits per heavy atom. The molecule has 1 aromatic heterocycles. The summed E-state index contributed by atoms with van der Waals surface area (Å²) >= 11 is 0. The first-order valence-electron chi connectivity index (χ1n) is 8.37. The molecular formula is C16H22N2O3. The quantitative estimate of drug-likeness (QED) is 0.854. The lowest BCUT2D eigenvalue weighted by atomic mass is 9.68. The number of ether oxygens (including phenoxy) is 2. The van der Waals surface area contributed by atoms with Gasteiger partial charge in [-0.05, 0) is 44.4 Å². The number of nitrogens with zero attached hydrogens (tertiary/aromatic N) is 2. The molecular weight excluding hydrogens is 268 g/mol. The zero-order chi connectivity index (χ0) is 13.9. The number of rotatable bonds is 3. The Labute approximate surface area is 124 Å². The average molecular weight is 290 g/mol. The summed E-state index contributed by atoms with van der Waals surface area (Å²) in [6.45, 7) is 2.63. The molecule has 0 bridgehead atoms. The second kappa shape index (κ2) is 4.29. The Bertz CT molecular complexity index is 547. The molecule has 2 saturated carbocycles. The molecule has 4 aliphatic rings. The number of hydrogen-bond donors (Lipinski definition) is 0. The highest BCUT2D eigenvalue weighted by molar-refractivity contribution is 5.34. The molecule has 5 heteroatoms. The third-order valence-electron chi connectivity index (χ3n) is 6.30. The van der Waals surface area contributed by atoms with Gasteiger partial charge in [0.1, 0.15) is 0 Å². The van der Waals surface area contributed by atoms with Crippen LogP contribution in [-0.4, -0.2) is 35.6 Å². The van der Waals surface area contributed by atoms with E-state index >= 15 is 0 Å². The standard InChI is InChI=1S/C16H22N2O3/c1-4-15(5-1)16(9-12(16)10-20-15)14-17-13(18-21-14)8-11-2-6-19-7-3-11/h11-12H,1-10H2/t12-,16-/m0/s1. The Hall–Kier alpha value is -0.940. The number of fused-ring (bicyclic) bond motifs is 2. The van der Waals surface area contributed by atoms with E-state index in [-0.39, 0.29) is 11.0 Å². The van der Waals surface area contributed by atoms with Crippen LogP contribution in [0.4, 0.5) is 0 Å². The summed E-state index contributed by atoms with van der Waals surface area (Å²) in [5.41, 5.74) is 0.117. The predicted octanol–water partition coefficient (Wildman–Crippen LogP) is 2.25. The Kier molecular flexibility index (Phi) is 2.57. The van der Waals surface area contributed by atoms with Gasteiger partial charge >= 0.3 is 0 Å². The zero-order valence-electron chi connectivity index (χ0n) is 12.3. The predicted molar refractivity (Wildman–Crippen MR) is 73.9 cm³/mol. The van der Waals surface area contributed by atoms with Crippen LogP contribution in [0, 0.1) is 11.8 Å². The van der Waals surface area contributed by atoms with Crippen LogP contribution in [0.25, 0.3) is 0 Å². The normalized spacial score (nSPS) is 37.4. The average Bonchev–Trinajstić information content (AvgIpc) is 2.87. The van der Waals surface area contributed by atoms with Crippen LogP contribution in [0.1, 0.15) is 50.2 Å². The highest BCUT2D eigenvalue weighted by atomic mass is 16.5. The highest BCUT2D eigenvalue weighted by Gasteiger charge is 2.77. The van der Waals surface area contributed by atoms with Crippen molar-refractivity contribution in [1.29, 1.82) is 0 Å². The van der Waals surface area contributed by atoms with Gasteiger partial charge in [-0.15, -0.1) is 0 Å². The van der Waals surface area contributed by atoms with Crippen molar-refractivity contribution < 1.29 is 14.0 Å². The molecule has 0 unspecified atom stereocenters. The van der Waals surface area contributed by atoms with E-state index < -0.39 is 0 Å². The van der Waals surface area contributed by atoms with Gasteiger partial charge in [0.15, 0.2) is 5.82 Å². The van der Waals surface area contributed by atoms with E-state index in [1.165, 1.54) is 25.7 Å². The molecule has 0 radical (unpaired) electrons. The van der Waals surface area contributed by atoms with Crippen molar-refractivity contribution in [1.82, 2.24) is 10.1 Å². The van der Waals surface area contributed by atoms with E-state index in [9.17, 15) is 0 Å².